The molecule has 0 radical (unpaired) electrons. The lowest BCUT2D eigenvalue weighted by Crippen LogP contribution is -2.01. The van der Waals surface area contributed by atoms with Crippen LogP contribution in [0.25, 0.3) is 0 Å². The van der Waals surface area contributed by atoms with Gasteiger partial charge in [-0.05, 0) is 22.0 Å². The van der Waals surface area contributed by atoms with Crippen LogP contribution in [0.15, 0.2) is 10.7 Å². The van der Waals surface area contributed by atoms with E-state index in [1.807, 2.05) is 0 Å². The van der Waals surface area contributed by atoms with Gasteiger partial charge in [0.05, 0.1) is 12.7 Å². The van der Waals surface area contributed by atoms with Crippen molar-refractivity contribution < 1.29 is 13.5 Å². The van der Waals surface area contributed by atoms with Crippen molar-refractivity contribution in [1.82, 2.24) is 4.98 Å². The number of methoxy groups -OCH3 is 1. The zero-order valence-electron chi connectivity index (χ0n) is 6.72. The Hall–Kier alpha value is -0.910. The van der Waals surface area contributed by atoms with Crippen LogP contribution in [0.2, 0.25) is 0 Å². The summed E-state index contributed by atoms with van der Waals surface area (Å²) in [4.78, 5) is 3.72. The van der Waals surface area contributed by atoms with Crippen LogP contribution in [0, 0.1) is 0 Å². The summed E-state index contributed by atoms with van der Waals surface area (Å²) in [5.74, 6) is -0.120. The molecule has 0 aliphatic rings. The minimum Gasteiger partial charge on any atom is -0.492 e. The predicted molar refractivity (Wildman–Crippen MR) is 47.9 cm³/mol. The van der Waals surface area contributed by atoms with Gasteiger partial charge in [0.15, 0.2) is 11.6 Å². The molecule has 0 aromatic carbocycles. The quantitative estimate of drug-likeness (QED) is 0.823. The highest BCUT2D eigenvalue weighted by Gasteiger charge is 2.17. The van der Waals surface area contributed by atoms with Gasteiger partial charge in [0.25, 0.3) is 6.43 Å². The van der Waals surface area contributed by atoms with Crippen molar-refractivity contribution in [3.63, 3.8) is 0 Å². The lowest BCUT2D eigenvalue weighted by molar-refractivity contribution is 0.147. The number of ether oxygens (including phenoxy) is 1. The maximum Gasteiger partial charge on any atom is 0.267 e. The summed E-state index contributed by atoms with van der Waals surface area (Å²) in [5.41, 5.74) is 5.11. The second kappa shape index (κ2) is 3.87. The summed E-state index contributed by atoms with van der Waals surface area (Å²) in [5, 5.41) is 0. The van der Waals surface area contributed by atoms with Crippen LogP contribution >= 0.6 is 15.9 Å². The Balaban J connectivity index is 3.29. The third-order valence-corrected chi connectivity index (χ3v) is 1.84. The summed E-state index contributed by atoms with van der Waals surface area (Å²) >= 11 is 2.96. The van der Waals surface area contributed by atoms with Gasteiger partial charge in [0, 0.05) is 0 Å². The largest absolute Gasteiger partial charge is 0.492 e. The highest BCUT2D eigenvalue weighted by atomic mass is 79.9. The van der Waals surface area contributed by atoms with Crippen LogP contribution < -0.4 is 10.5 Å². The van der Waals surface area contributed by atoms with Gasteiger partial charge in [0.1, 0.15) is 4.60 Å². The summed E-state index contributed by atoms with van der Waals surface area (Å²) in [6.45, 7) is 0. The Labute approximate surface area is 82.0 Å². The molecule has 0 fully saturated rings. The SMILES string of the molecule is COc1c(C(F)F)cc(Br)nc1N. The number of hydrogen-bond acceptors (Lipinski definition) is 3. The van der Waals surface area contributed by atoms with E-state index < -0.39 is 6.43 Å². The van der Waals surface area contributed by atoms with Crippen molar-refractivity contribution in [3.05, 3.63) is 16.2 Å². The molecule has 0 saturated heterocycles. The number of rotatable bonds is 2. The van der Waals surface area contributed by atoms with Gasteiger partial charge in [-0.25, -0.2) is 13.8 Å². The zero-order valence-corrected chi connectivity index (χ0v) is 8.31. The minimum absolute atomic E-state index is 0.0489. The molecule has 0 atom stereocenters. The summed E-state index contributed by atoms with van der Waals surface area (Å²) in [7, 11) is 1.27. The van der Waals surface area contributed by atoms with E-state index in [1.165, 1.54) is 13.2 Å². The van der Waals surface area contributed by atoms with E-state index in [0.29, 0.717) is 0 Å². The zero-order chi connectivity index (χ0) is 10.0. The Morgan fingerprint density at radius 2 is 2.23 bits per heavy atom. The van der Waals surface area contributed by atoms with Crippen LogP contribution in [0.5, 0.6) is 5.75 Å². The molecule has 0 bridgehead atoms. The first-order chi connectivity index (χ1) is 6.06. The van der Waals surface area contributed by atoms with Gasteiger partial charge in [-0.3, -0.25) is 0 Å². The molecule has 3 nitrogen and oxygen atoms in total. The molecule has 0 aliphatic heterocycles. The van der Waals surface area contributed by atoms with Crippen molar-refractivity contribution in [2.24, 2.45) is 0 Å². The Morgan fingerprint density at radius 1 is 1.62 bits per heavy atom. The standard InChI is InChI=1S/C7H7BrF2N2O/c1-13-5-3(6(9)10)2-4(8)12-7(5)11/h2,6H,1H3,(H2,11,12). The molecule has 1 aromatic heterocycles. The van der Waals surface area contributed by atoms with Crippen LogP contribution in [-0.4, -0.2) is 12.1 Å². The molecule has 1 aromatic rings. The number of nitrogens with zero attached hydrogens (tertiary/aromatic N) is 1. The lowest BCUT2D eigenvalue weighted by atomic mass is 10.2. The van der Waals surface area contributed by atoms with Crippen LogP contribution in [-0.2, 0) is 0 Å². The van der Waals surface area contributed by atoms with Gasteiger partial charge in [-0.1, -0.05) is 0 Å². The first-order valence-electron chi connectivity index (χ1n) is 3.34. The van der Waals surface area contributed by atoms with Gasteiger partial charge >= 0.3 is 0 Å². The molecule has 1 heterocycles. The first-order valence-corrected chi connectivity index (χ1v) is 4.13. The second-order valence-corrected chi connectivity index (χ2v) is 3.07. The van der Waals surface area contributed by atoms with E-state index in [1.54, 1.807) is 0 Å². The monoisotopic (exact) mass is 252 g/mol. The number of hydrogen-bond donors (Lipinski definition) is 1. The third kappa shape index (κ3) is 2.06. The number of aromatic nitrogens is 1. The second-order valence-electron chi connectivity index (χ2n) is 2.25. The predicted octanol–water partition coefficient (Wildman–Crippen LogP) is 2.37. The number of nitrogen functional groups attached to an aromatic ring is 1. The third-order valence-electron chi connectivity index (χ3n) is 1.44. The maximum atomic E-state index is 12.4. The minimum atomic E-state index is -2.63. The molecule has 1 rings (SSSR count). The fraction of sp³-hybridized carbons (Fsp3) is 0.286. The van der Waals surface area contributed by atoms with Gasteiger partial charge in [0.2, 0.25) is 0 Å². The molecule has 0 saturated carbocycles. The van der Waals surface area contributed by atoms with E-state index in [-0.39, 0.29) is 21.7 Å². The molecule has 6 heteroatoms. The topological polar surface area (TPSA) is 48.1 Å². The number of pyridine rings is 1. The number of anilines is 1. The smallest absolute Gasteiger partial charge is 0.267 e. The average molecular weight is 253 g/mol. The molecular weight excluding hydrogens is 246 g/mol. The molecule has 0 amide bonds. The lowest BCUT2D eigenvalue weighted by Gasteiger charge is -2.09. The number of halogens is 3. The fourth-order valence-corrected chi connectivity index (χ4v) is 1.36. The van der Waals surface area contributed by atoms with Crippen molar-refractivity contribution in [2.75, 3.05) is 12.8 Å². The van der Waals surface area contributed by atoms with Gasteiger partial charge in [-0.2, -0.15) is 0 Å². The number of alkyl halides is 2. The molecule has 0 aliphatic carbocycles. The van der Waals surface area contributed by atoms with Crippen molar-refractivity contribution in [2.45, 2.75) is 6.43 Å². The Bertz CT molecular complexity index is 320. The van der Waals surface area contributed by atoms with E-state index in [2.05, 4.69) is 20.9 Å². The highest BCUT2D eigenvalue weighted by molar-refractivity contribution is 9.10. The van der Waals surface area contributed by atoms with Crippen molar-refractivity contribution in [1.29, 1.82) is 0 Å². The first kappa shape index (κ1) is 10.2. The summed E-state index contributed by atoms with van der Waals surface area (Å²) in [6.07, 6.45) is -2.63. The molecule has 0 unspecified atom stereocenters. The van der Waals surface area contributed by atoms with Crippen molar-refractivity contribution >= 4 is 21.7 Å². The van der Waals surface area contributed by atoms with E-state index in [9.17, 15) is 8.78 Å². The maximum absolute atomic E-state index is 12.4. The molecule has 13 heavy (non-hydrogen) atoms. The van der Waals surface area contributed by atoms with E-state index in [4.69, 9.17) is 10.5 Å². The molecule has 0 spiro atoms. The summed E-state index contributed by atoms with van der Waals surface area (Å²) in [6, 6.07) is 1.18. The summed E-state index contributed by atoms with van der Waals surface area (Å²) < 4.78 is 29.7. The van der Waals surface area contributed by atoms with Crippen LogP contribution in [0.1, 0.15) is 12.0 Å². The van der Waals surface area contributed by atoms with Gasteiger partial charge in [-0.15, -0.1) is 0 Å². The van der Waals surface area contributed by atoms with Gasteiger partial charge < -0.3 is 10.5 Å². The number of nitrogens with two attached hydrogens (primary N) is 1. The molecule has 2 N–H and O–H groups in total. The Kier molecular flexibility index (Phi) is 3.02. The van der Waals surface area contributed by atoms with Crippen LogP contribution in [0.3, 0.4) is 0 Å². The van der Waals surface area contributed by atoms with Crippen molar-refractivity contribution in [3.8, 4) is 5.75 Å². The van der Waals surface area contributed by atoms with E-state index >= 15 is 0 Å². The fourth-order valence-electron chi connectivity index (χ4n) is 0.924. The molecule has 72 valence electrons. The molecular formula is C7H7BrF2N2O. The average Bonchev–Trinajstić information content (AvgIpc) is 2.02. The van der Waals surface area contributed by atoms with E-state index in [0.717, 1.165) is 0 Å². The Morgan fingerprint density at radius 3 is 2.69 bits per heavy atom. The normalized spacial score (nSPS) is 10.5. The highest BCUT2D eigenvalue weighted by Crippen LogP contribution is 2.34. The van der Waals surface area contributed by atoms with Crippen LogP contribution in [0.4, 0.5) is 14.6 Å².